The summed E-state index contributed by atoms with van der Waals surface area (Å²) in [6.07, 6.45) is 8.59. The maximum atomic E-state index is 13.2. The molecule has 32 heavy (non-hydrogen) atoms. The van der Waals surface area contributed by atoms with Crippen molar-refractivity contribution in [3.63, 3.8) is 0 Å². The zero-order chi connectivity index (χ0) is 21.7. The summed E-state index contributed by atoms with van der Waals surface area (Å²) in [7, 11) is 0. The van der Waals surface area contributed by atoms with Gasteiger partial charge in [0.25, 0.3) is 0 Å². The van der Waals surface area contributed by atoms with Crippen LogP contribution in [0.2, 0.25) is 0 Å². The number of fused-ring (bicyclic) bond motifs is 4. The van der Waals surface area contributed by atoms with E-state index in [4.69, 9.17) is 0 Å². The lowest BCUT2D eigenvalue weighted by molar-refractivity contribution is -0.137. The van der Waals surface area contributed by atoms with E-state index in [-0.39, 0.29) is 5.92 Å². The maximum Gasteiger partial charge on any atom is 0.226 e. The second-order valence-electron chi connectivity index (χ2n) is 9.39. The Bertz CT molecular complexity index is 1230. The highest BCUT2D eigenvalue weighted by Gasteiger charge is 2.32. The molecule has 1 fully saturated rings. The number of hydrogen-bond acceptors (Lipinski definition) is 6. The average molecular weight is 446 g/mol. The van der Waals surface area contributed by atoms with Crippen molar-refractivity contribution in [1.29, 1.82) is 0 Å². The van der Waals surface area contributed by atoms with Crippen LogP contribution in [0.4, 0.5) is 11.5 Å². The van der Waals surface area contributed by atoms with Crippen molar-refractivity contribution >= 4 is 45.2 Å². The normalized spacial score (nSPS) is 22.1. The molecule has 6 nitrogen and oxygen atoms in total. The second-order valence-corrected chi connectivity index (χ2v) is 10.5. The molecule has 2 aliphatic heterocycles. The number of aryl methyl sites for hydroxylation is 1. The Hall–Kier alpha value is -2.80. The lowest BCUT2D eigenvalue weighted by Crippen LogP contribution is -2.43. The molecule has 164 valence electrons. The fourth-order valence-corrected chi connectivity index (χ4v) is 6.65. The van der Waals surface area contributed by atoms with Gasteiger partial charge in [-0.25, -0.2) is 9.97 Å². The largest absolute Gasteiger partial charge is 0.342 e. The molecule has 0 radical (unpaired) electrons. The molecule has 0 bridgehead atoms. The van der Waals surface area contributed by atoms with Crippen LogP contribution in [0.5, 0.6) is 0 Å². The molecule has 3 aromatic rings. The van der Waals surface area contributed by atoms with Crippen molar-refractivity contribution < 1.29 is 4.79 Å². The fraction of sp³-hybridized carbons (Fsp3) is 0.440. The number of carbonyl (C=O) groups excluding carboxylic acids is 1. The van der Waals surface area contributed by atoms with E-state index in [2.05, 4.69) is 50.3 Å². The van der Waals surface area contributed by atoms with Crippen molar-refractivity contribution in [3.8, 4) is 0 Å². The standard InChI is InChI=1S/C25H27N5OS/c1-15-3-2-8-30(13-15)25(31)16-5-7-20-21(10-16)32-24-22(20)23(27-14-28-24)29-19-6-4-17-11-26-12-18(17)9-19/h4,6,9,12,14-16H,2-3,5,7-8,10-11,13H2,1H3,(H,27,28,29). The Morgan fingerprint density at radius 3 is 3.09 bits per heavy atom. The molecule has 6 rings (SSSR count). The van der Waals surface area contributed by atoms with E-state index in [1.54, 1.807) is 17.7 Å². The van der Waals surface area contributed by atoms with Gasteiger partial charge in [0.1, 0.15) is 17.0 Å². The third-order valence-corrected chi connectivity index (χ3v) is 8.23. The van der Waals surface area contributed by atoms with Gasteiger partial charge in [-0.2, -0.15) is 0 Å². The molecule has 7 heteroatoms. The maximum absolute atomic E-state index is 13.2. The van der Waals surface area contributed by atoms with Crippen LogP contribution in [0, 0.1) is 11.8 Å². The van der Waals surface area contributed by atoms with Crippen LogP contribution in [0.25, 0.3) is 10.2 Å². The number of benzene rings is 1. The van der Waals surface area contributed by atoms with Crippen LogP contribution >= 0.6 is 11.3 Å². The molecule has 3 aliphatic rings. The Kier molecular flexibility index (Phi) is 4.94. The first-order chi connectivity index (χ1) is 15.7. The van der Waals surface area contributed by atoms with Gasteiger partial charge in [-0.05, 0) is 66.8 Å². The van der Waals surface area contributed by atoms with Gasteiger partial charge >= 0.3 is 0 Å². The number of aliphatic imine (C=N–C) groups is 1. The summed E-state index contributed by atoms with van der Waals surface area (Å²) in [4.78, 5) is 31.1. The molecule has 1 aliphatic carbocycles. The number of likely N-dealkylation sites (tertiary alicyclic amines) is 1. The minimum absolute atomic E-state index is 0.0984. The van der Waals surface area contributed by atoms with Crippen LogP contribution in [-0.4, -0.2) is 40.1 Å². The second kappa shape index (κ2) is 7.96. The van der Waals surface area contributed by atoms with Crippen molar-refractivity contribution in [2.24, 2.45) is 16.8 Å². The van der Waals surface area contributed by atoms with Crippen LogP contribution in [0.1, 0.15) is 47.8 Å². The minimum Gasteiger partial charge on any atom is -0.342 e. The molecule has 2 atom stereocenters. The van der Waals surface area contributed by atoms with Gasteiger partial charge in [-0.3, -0.25) is 9.79 Å². The Morgan fingerprint density at radius 1 is 1.25 bits per heavy atom. The van der Waals surface area contributed by atoms with E-state index >= 15 is 0 Å². The van der Waals surface area contributed by atoms with E-state index in [0.29, 0.717) is 11.8 Å². The summed E-state index contributed by atoms with van der Waals surface area (Å²) < 4.78 is 0. The van der Waals surface area contributed by atoms with Crippen LogP contribution in [-0.2, 0) is 24.2 Å². The first-order valence-corrected chi connectivity index (χ1v) is 12.4. The van der Waals surface area contributed by atoms with Crippen LogP contribution in [0.15, 0.2) is 29.5 Å². The molecule has 4 heterocycles. The van der Waals surface area contributed by atoms with Gasteiger partial charge in [0, 0.05) is 35.8 Å². The molecule has 0 saturated carbocycles. The van der Waals surface area contributed by atoms with Gasteiger partial charge < -0.3 is 10.2 Å². The molecule has 2 aromatic heterocycles. The molecule has 2 unspecified atom stereocenters. The average Bonchev–Trinajstić information content (AvgIpc) is 3.42. The van der Waals surface area contributed by atoms with E-state index in [9.17, 15) is 4.79 Å². The van der Waals surface area contributed by atoms with Gasteiger partial charge in [-0.1, -0.05) is 13.0 Å². The summed E-state index contributed by atoms with van der Waals surface area (Å²) in [6.45, 7) is 4.86. The summed E-state index contributed by atoms with van der Waals surface area (Å²) in [5.41, 5.74) is 4.77. The number of nitrogens with zero attached hydrogens (tertiary/aromatic N) is 4. The number of amides is 1. The highest BCUT2D eigenvalue weighted by atomic mass is 32.1. The molecule has 1 amide bonds. The number of nitrogens with one attached hydrogen (secondary N) is 1. The third-order valence-electron chi connectivity index (χ3n) is 7.06. The number of thiophene rings is 1. The van der Waals surface area contributed by atoms with Crippen LogP contribution in [0.3, 0.4) is 0 Å². The fourth-order valence-electron chi connectivity index (χ4n) is 5.38. The highest BCUT2D eigenvalue weighted by molar-refractivity contribution is 7.19. The lowest BCUT2D eigenvalue weighted by Gasteiger charge is -2.34. The Morgan fingerprint density at radius 2 is 2.19 bits per heavy atom. The summed E-state index contributed by atoms with van der Waals surface area (Å²) >= 11 is 1.73. The molecule has 1 aromatic carbocycles. The third kappa shape index (κ3) is 3.48. The zero-order valence-electron chi connectivity index (χ0n) is 18.3. The smallest absolute Gasteiger partial charge is 0.226 e. The van der Waals surface area contributed by atoms with E-state index in [1.165, 1.54) is 28.0 Å². The highest BCUT2D eigenvalue weighted by Crippen LogP contribution is 2.41. The van der Waals surface area contributed by atoms with Crippen LogP contribution < -0.4 is 5.32 Å². The van der Waals surface area contributed by atoms with Gasteiger partial charge in [0.2, 0.25) is 5.91 Å². The molecule has 1 saturated heterocycles. The number of piperidine rings is 1. The molecular formula is C25H27N5OS. The SMILES string of the molecule is CC1CCCN(C(=O)C2CCc3c(sc4ncnc(Nc5ccc6c(c5)C=NC6)c34)C2)C1. The van der Waals surface area contributed by atoms with Crippen molar-refractivity contribution in [3.05, 3.63) is 46.1 Å². The zero-order valence-corrected chi connectivity index (χ0v) is 19.1. The number of carbonyl (C=O) groups is 1. The number of aromatic nitrogens is 2. The topological polar surface area (TPSA) is 70.5 Å². The summed E-state index contributed by atoms with van der Waals surface area (Å²) in [5.74, 6) is 1.92. The number of hydrogen-bond donors (Lipinski definition) is 1. The predicted molar refractivity (Wildman–Crippen MR) is 129 cm³/mol. The Labute approximate surface area is 191 Å². The van der Waals surface area contributed by atoms with Crippen molar-refractivity contribution in [1.82, 2.24) is 14.9 Å². The van der Waals surface area contributed by atoms with Crippen molar-refractivity contribution in [2.75, 3.05) is 18.4 Å². The van der Waals surface area contributed by atoms with Gasteiger partial charge in [0.15, 0.2) is 0 Å². The van der Waals surface area contributed by atoms with E-state index < -0.39 is 0 Å². The first-order valence-electron chi connectivity index (χ1n) is 11.6. The lowest BCUT2D eigenvalue weighted by atomic mass is 9.86. The van der Waals surface area contributed by atoms with Gasteiger partial charge in [0.05, 0.1) is 11.9 Å². The Balaban J connectivity index is 1.27. The predicted octanol–water partition coefficient (Wildman–Crippen LogP) is 4.73. The van der Waals surface area contributed by atoms with E-state index in [0.717, 1.165) is 67.0 Å². The minimum atomic E-state index is 0.0984. The quantitative estimate of drug-likeness (QED) is 0.633. The van der Waals surface area contributed by atoms with Gasteiger partial charge in [-0.15, -0.1) is 11.3 Å². The van der Waals surface area contributed by atoms with Crippen molar-refractivity contribution in [2.45, 2.75) is 45.6 Å². The monoisotopic (exact) mass is 445 g/mol. The molecule has 0 spiro atoms. The molecular weight excluding hydrogens is 418 g/mol. The first kappa shape index (κ1) is 19.9. The number of anilines is 2. The number of rotatable bonds is 3. The summed E-state index contributed by atoms with van der Waals surface area (Å²) in [5, 5.41) is 4.65. The van der Waals surface area contributed by atoms with E-state index in [1.807, 2.05) is 6.21 Å². The molecule has 1 N–H and O–H groups in total. The summed E-state index contributed by atoms with van der Waals surface area (Å²) in [6, 6.07) is 6.35.